The molecule has 92 valence electrons. The summed E-state index contributed by atoms with van der Waals surface area (Å²) in [7, 11) is 0. The van der Waals surface area contributed by atoms with E-state index in [9.17, 15) is 0 Å². The van der Waals surface area contributed by atoms with Gasteiger partial charge in [-0.2, -0.15) is 0 Å². The Balaban J connectivity index is 1.67. The summed E-state index contributed by atoms with van der Waals surface area (Å²) in [5.41, 5.74) is 6.14. The van der Waals surface area contributed by atoms with Crippen molar-refractivity contribution in [3.63, 3.8) is 0 Å². The van der Waals surface area contributed by atoms with Crippen molar-refractivity contribution in [2.75, 3.05) is 0 Å². The zero-order valence-electron chi connectivity index (χ0n) is 10.6. The molecule has 0 aromatic rings. The summed E-state index contributed by atoms with van der Waals surface area (Å²) < 4.78 is 0. The van der Waals surface area contributed by atoms with Crippen molar-refractivity contribution in [2.24, 2.45) is 11.7 Å². The van der Waals surface area contributed by atoms with E-state index in [1.165, 1.54) is 51.4 Å². The monoisotopic (exact) mass is 222 g/mol. The van der Waals surface area contributed by atoms with Crippen LogP contribution >= 0.6 is 0 Å². The Bertz CT molecular complexity index is 231. The number of rotatable bonds is 1. The third-order valence-electron chi connectivity index (χ3n) is 5.23. The molecule has 0 aromatic heterocycles. The highest BCUT2D eigenvalue weighted by atomic mass is 15.3. The summed E-state index contributed by atoms with van der Waals surface area (Å²) in [4.78, 5) is 2.88. The number of nitrogens with zero attached hydrogens (tertiary/aromatic N) is 1. The van der Waals surface area contributed by atoms with Gasteiger partial charge in [0.2, 0.25) is 0 Å². The van der Waals surface area contributed by atoms with E-state index in [-0.39, 0.29) is 0 Å². The largest absolute Gasteiger partial charge is 0.328 e. The second-order valence-electron chi connectivity index (χ2n) is 6.48. The molecule has 2 nitrogen and oxygen atoms in total. The molecule has 2 atom stereocenters. The molecule has 2 heteroatoms. The van der Waals surface area contributed by atoms with Gasteiger partial charge < -0.3 is 5.73 Å². The van der Waals surface area contributed by atoms with Gasteiger partial charge in [-0.05, 0) is 57.3 Å². The van der Waals surface area contributed by atoms with E-state index in [4.69, 9.17) is 5.73 Å². The minimum absolute atomic E-state index is 0.497. The molecule has 2 unspecified atom stereocenters. The van der Waals surface area contributed by atoms with Crippen LogP contribution in [-0.2, 0) is 0 Å². The van der Waals surface area contributed by atoms with Crippen molar-refractivity contribution in [3.8, 4) is 0 Å². The molecule has 16 heavy (non-hydrogen) atoms. The van der Waals surface area contributed by atoms with Crippen LogP contribution in [-0.4, -0.2) is 29.1 Å². The minimum Gasteiger partial charge on any atom is -0.328 e. The first kappa shape index (κ1) is 11.0. The number of piperidine rings is 1. The fraction of sp³-hybridized carbons (Fsp3) is 1.00. The van der Waals surface area contributed by atoms with Gasteiger partial charge in [0.25, 0.3) is 0 Å². The number of hydrogen-bond donors (Lipinski definition) is 1. The van der Waals surface area contributed by atoms with E-state index < -0.39 is 0 Å². The van der Waals surface area contributed by atoms with E-state index in [1.54, 1.807) is 0 Å². The van der Waals surface area contributed by atoms with Gasteiger partial charge in [-0.3, -0.25) is 4.90 Å². The maximum atomic E-state index is 6.14. The molecule has 3 aliphatic rings. The molecule has 3 rings (SSSR count). The van der Waals surface area contributed by atoms with Gasteiger partial charge in [0.1, 0.15) is 0 Å². The maximum absolute atomic E-state index is 6.14. The first-order valence-corrected chi connectivity index (χ1v) is 7.27. The summed E-state index contributed by atoms with van der Waals surface area (Å²) >= 11 is 0. The molecular formula is C14H26N2. The highest BCUT2D eigenvalue weighted by Gasteiger charge is 2.43. The summed E-state index contributed by atoms with van der Waals surface area (Å²) in [5.74, 6) is 0.973. The van der Waals surface area contributed by atoms with E-state index in [2.05, 4.69) is 11.8 Å². The normalized spacial score (nSPS) is 49.5. The molecule has 0 spiro atoms. The Morgan fingerprint density at radius 3 is 1.88 bits per heavy atom. The fourth-order valence-corrected chi connectivity index (χ4v) is 4.39. The molecule has 1 aliphatic carbocycles. The average Bonchev–Trinajstić information content (AvgIpc) is 2.54. The maximum Gasteiger partial charge on any atom is 0.0116 e. The predicted octanol–water partition coefficient (Wildman–Crippen LogP) is 2.52. The van der Waals surface area contributed by atoms with E-state index in [1.807, 2.05) is 0 Å². The molecule has 0 aromatic carbocycles. The molecular weight excluding hydrogens is 196 g/mol. The highest BCUT2D eigenvalue weighted by Crippen LogP contribution is 2.40. The molecule has 2 aliphatic heterocycles. The smallest absolute Gasteiger partial charge is 0.0116 e. The van der Waals surface area contributed by atoms with Crippen LogP contribution in [0.25, 0.3) is 0 Å². The van der Waals surface area contributed by atoms with E-state index in [0.29, 0.717) is 6.04 Å². The van der Waals surface area contributed by atoms with Crippen molar-refractivity contribution in [2.45, 2.75) is 82.5 Å². The summed E-state index contributed by atoms with van der Waals surface area (Å²) in [6.07, 6.45) is 11.2. The lowest BCUT2D eigenvalue weighted by atomic mass is 9.84. The first-order chi connectivity index (χ1) is 7.74. The molecule has 2 heterocycles. The van der Waals surface area contributed by atoms with E-state index in [0.717, 1.165) is 24.0 Å². The summed E-state index contributed by atoms with van der Waals surface area (Å²) in [6.45, 7) is 2.41. The van der Waals surface area contributed by atoms with Gasteiger partial charge >= 0.3 is 0 Å². The van der Waals surface area contributed by atoms with Crippen LogP contribution in [0.15, 0.2) is 0 Å². The van der Waals surface area contributed by atoms with Crippen LogP contribution in [0.3, 0.4) is 0 Å². The third-order valence-corrected chi connectivity index (χ3v) is 5.23. The van der Waals surface area contributed by atoms with Crippen LogP contribution in [0.4, 0.5) is 0 Å². The highest BCUT2D eigenvalue weighted by molar-refractivity contribution is 4.99. The number of fused-ring (bicyclic) bond motifs is 2. The molecule has 0 radical (unpaired) electrons. The van der Waals surface area contributed by atoms with Gasteiger partial charge in [0.05, 0.1) is 0 Å². The quantitative estimate of drug-likeness (QED) is 0.738. The van der Waals surface area contributed by atoms with Crippen LogP contribution in [0.1, 0.15) is 58.3 Å². The van der Waals surface area contributed by atoms with Gasteiger partial charge in [-0.1, -0.05) is 6.92 Å². The minimum atomic E-state index is 0.497. The van der Waals surface area contributed by atoms with Gasteiger partial charge in [-0.25, -0.2) is 0 Å². The summed E-state index contributed by atoms with van der Waals surface area (Å²) in [6, 6.07) is 3.08. The molecule has 1 saturated carbocycles. The van der Waals surface area contributed by atoms with Crippen LogP contribution in [0.5, 0.6) is 0 Å². The standard InChI is InChI=1S/C14H26N2/c1-10-2-4-12(5-3-10)16-13-6-7-14(16)9-11(15)8-13/h10-14H,2-9,15H2,1H3. The lowest BCUT2D eigenvalue weighted by molar-refractivity contribution is 0.0506. The van der Waals surface area contributed by atoms with Crippen molar-refractivity contribution in [1.29, 1.82) is 0 Å². The Hall–Kier alpha value is -0.0800. The van der Waals surface area contributed by atoms with Crippen molar-refractivity contribution < 1.29 is 0 Å². The Kier molecular flexibility index (Phi) is 2.97. The molecule has 2 bridgehead atoms. The lowest BCUT2D eigenvalue weighted by Gasteiger charge is -2.45. The van der Waals surface area contributed by atoms with Crippen LogP contribution < -0.4 is 5.73 Å². The van der Waals surface area contributed by atoms with Crippen LogP contribution in [0, 0.1) is 5.92 Å². The van der Waals surface area contributed by atoms with E-state index >= 15 is 0 Å². The van der Waals surface area contributed by atoms with Gasteiger partial charge in [-0.15, -0.1) is 0 Å². The second kappa shape index (κ2) is 4.30. The van der Waals surface area contributed by atoms with Crippen molar-refractivity contribution in [3.05, 3.63) is 0 Å². The third kappa shape index (κ3) is 1.91. The lowest BCUT2D eigenvalue weighted by Crippen LogP contribution is -2.52. The Morgan fingerprint density at radius 1 is 0.812 bits per heavy atom. The SMILES string of the molecule is CC1CCC(N2C3CCC2CC(N)C3)CC1. The van der Waals surface area contributed by atoms with Crippen LogP contribution in [0.2, 0.25) is 0 Å². The van der Waals surface area contributed by atoms with Gasteiger partial charge in [0.15, 0.2) is 0 Å². The van der Waals surface area contributed by atoms with Gasteiger partial charge in [0, 0.05) is 24.2 Å². The second-order valence-corrected chi connectivity index (χ2v) is 6.48. The average molecular weight is 222 g/mol. The fourth-order valence-electron chi connectivity index (χ4n) is 4.39. The molecule has 3 fully saturated rings. The predicted molar refractivity (Wildman–Crippen MR) is 67.3 cm³/mol. The molecule has 0 amide bonds. The first-order valence-electron chi connectivity index (χ1n) is 7.27. The molecule has 2 saturated heterocycles. The Labute approximate surface area is 99.6 Å². The molecule has 2 N–H and O–H groups in total. The van der Waals surface area contributed by atoms with Crippen molar-refractivity contribution >= 4 is 0 Å². The Morgan fingerprint density at radius 2 is 1.31 bits per heavy atom. The zero-order valence-corrected chi connectivity index (χ0v) is 10.6. The number of hydrogen-bond acceptors (Lipinski definition) is 2. The van der Waals surface area contributed by atoms with Crippen molar-refractivity contribution in [1.82, 2.24) is 4.90 Å². The summed E-state index contributed by atoms with van der Waals surface area (Å²) in [5, 5.41) is 0. The topological polar surface area (TPSA) is 29.3 Å². The number of nitrogens with two attached hydrogens (primary N) is 1. The zero-order chi connectivity index (χ0) is 11.1.